The Morgan fingerprint density at radius 2 is 2.06 bits per heavy atom. The van der Waals surface area contributed by atoms with Gasteiger partial charge in [-0.2, -0.15) is 0 Å². The lowest BCUT2D eigenvalue weighted by atomic mass is 9.84. The average molecular weight is 226 g/mol. The molecule has 3 nitrogen and oxygen atoms in total. The third-order valence-electron chi connectivity index (χ3n) is 3.57. The molecule has 1 aliphatic carbocycles. The topological polar surface area (TPSA) is 55.1 Å². The molecule has 0 aromatic heterocycles. The maximum atomic E-state index is 11.7. The second-order valence-corrected chi connectivity index (χ2v) is 5.90. The van der Waals surface area contributed by atoms with Crippen LogP contribution in [0.1, 0.15) is 52.9 Å². The van der Waals surface area contributed by atoms with Crippen molar-refractivity contribution in [3.63, 3.8) is 0 Å². The number of carbonyl (C=O) groups excluding carboxylic acids is 1. The lowest BCUT2D eigenvalue weighted by molar-refractivity contribution is -0.122. The molecule has 3 heteroatoms. The second-order valence-electron chi connectivity index (χ2n) is 5.90. The Morgan fingerprint density at radius 3 is 2.56 bits per heavy atom. The molecular weight excluding hydrogens is 200 g/mol. The van der Waals surface area contributed by atoms with E-state index in [1.54, 1.807) is 0 Å². The first-order valence-electron chi connectivity index (χ1n) is 6.44. The van der Waals surface area contributed by atoms with Gasteiger partial charge in [-0.25, -0.2) is 0 Å². The zero-order chi connectivity index (χ0) is 12.2. The second kappa shape index (κ2) is 5.67. The van der Waals surface area contributed by atoms with E-state index in [2.05, 4.69) is 26.1 Å². The van der Waals surface area contributed by atoms with Crippen LogP contribution >= 0.6 is 0 Å². The first-order chi connectivity index (χ1) is 7.44. The number of rotatable bonds is 7. The zero-order valence-electron chi connectivity index (χ0n) is 10.9. The van der Waals surface area contributed by atoms with Gasteiger partial charge in [-0.15, -0.1) is 0 Å². The Labute approximate surface area is 99.2 Å². The van der Waals surface area contributed by atoms with Crippen molar-refractivity contribution >= 4 is 5.91 Å². The number of amides is 1. The summed E-state index contributed by atoms with van der Waals surface area (Å²) in [4.78, 5) is 11.7. The fraction of sp³-hybridized carbons (Fsp3) is 0.923. The predicted octanol–water partition coefficient (Wildman–Crippen LogP) is 2.06. The smallest absolute Gasteiger partial charge is 0.220 e. The van der Waals surface area contributed by atoms with Crippen LogP contribution in [0.3, 0.4) is 0 Å². The van der Waals surface area contributed by atoms with Crippen molar-refractivity contribution in [1.82, 2.24) is 5.32 Å². The standard InChI is InChI=1S/C13H26N2O/c1-10(11-4-5-11)15-12(16)6-7-13(2,3)8-9-14/h10-11H,4-9,14H2,1-3H3,(H,15,16). The van der Waals surface area contributed by atoms with Crippen molar-refractivity contribution in [3.05, 3.63) is 0 Å². The molecule has 16 heavy (non-hydrogen) atoms. The van der Waals surface area contributed by atoms with Crippen molar-refractivity contribution in [2.24, 2.45) is 17.1 Å². The zero-order valence-corrected chi connectivity index (χ0v) is 10.9. The number of nitrogens with two attached hydrogens (primary N) is 1. The molecule has 3 N–H and O–H groups in total. The van der Waals surface area contributed by atoms with Crippen molar-refractivity contribution in [1.29, 1.82) is 0 Å². The van der Waals surface area contributed by atoms with Crippen molar-refractivity contribution in [3.8, 4) is 0 Å². The molecule has 1 saturated carbocycles. The molecule has 0 bridgehead atoms. The van der Waals surface area contributed by atoms with Crippen molar-refractivity contribution < 1.29 is 4.79 Å². The maximum absolute atomic E-state index is 11.7. The lowest BCUT2D eigenvalue weighted by Crippen LogP contribution is -2.34. The Hall–Kier alpha value is -0.570. The van der Waals surface area contributed by atoms with E-state index >= 15 is 0 Å². The highest BCUT2D eigenvalue weighted by Gasteiger charge is 2.29. The van der Waals surface area contributed by atoms with E-state index < -0.39 is 0 Å². The fourth-order valence-corrected chi connectivity index (χ4v) is 2.01. The highest BCUT2D eigenvalue weighted by Crippen LogP contribution is 2.32. The minimum Gasteiger partial charge on any atom is -0.353 e. The van der Waals surface area contributed by atoms with Crippen LogP contribution in [0.25, 0.3) is 0 Å². The predicted molar refractivity (Wildman–Crippen MR) is 67.0 cm³/mol. The Kier molecular flexibility index (Phi) is 4.78. The van der Waals surface area contributed by atoms with Gasteiger partial charge in [-0.05, 0) is 50.5 Å². The SMILES string of the molecule is CC(NC(=O)CCC(C)(C)CCN)C1CC1. The van der Waals surface area contributed by atoms with E-state index in [1.807, 2.05) is 0 Å². The number of carbonyl (C=O) groups is 1. The summed E-state index contributed by atoms with van der Waals surface area (Å²) in [6, 6.07) is 0.366. The lowest BCUT2D eigenvalue weighted by Gasteiger charge is -2.23. The number of nitrogens with one attached hydrogen (secondary N) is 1. The van der Waals surface area contributed by atoms with E-state index in [4.69, 9.17) is 5.73 Å². The van der Waals surface area contributed by atoms with Crippen LogP contribution in [0.4, 0.5) is 0 Å². The quantitative estimate of drug-likeness (QED) is 0.698. The third-order valence-corrected chi connectivity index (χ3v) is 3.57. The maximum Gasteiger partial charge on any atom is 0.220 e. The van der Waals surface area contributed by atoms with Gasteiger partial charge in [0.1, 0.15) is 0 Å². The van der Waals surface area contributed by atoms with Crippen LogP contribution in [0.5, 0.6) is 0 Å². The first-order valence-corrected chi connectivity index (χ1v) is 6.44. The molecule has 0 aromatic carbocycles. The normalized spacial score (nSPS) is 18.2. The van der Waals surface area contributed by atoms with Crippen LogP contribution < -0.4 is 11.1 Å². The third kappa shape index (κ3) is 4.97. The Bertz CT molecular complexity index is 234. The fourth-order valence-electron chi connectivity index (χ4n) is 2.01. The van der Waals surface area contributed by atoms with Gasteiger partial charge in [-0.3, -0.25) is 4.79 Å². The van der Waals surface area contributed by atoms with Crippen LogP contribution in [0.15, 0.2) is 0 Å². The van der Waals surface area contributed by atoms with Gasteiger partial charge in [0.05, 0.1) is 0 Å². The van der Waals surface area contributed by atoms with Gasteiger partial charge in [-0.1, -0.05) is 13.8 Å². The van der Waals surface area contributed by atoms with Crippen molar-refractivity contribution in [2.75, 3.05) is 6.54 Å². The summed E-state index contributed by atoms with van der Waals surface area (Å²) in [5.41, 5.74) is 5.74. The Balaban J connectivity index is 2.18. The highest BCUT2D eigenvalue weighted by atomic mass is 16.1. The summed E-state index contributed by atoms with van der Waals surface area (Å²) in [6.07, 6.45) is 5.09. The van der Waals surface area contributed by atoms with Gasteiger partial charge in [0, 0.05) is 12.5 Å². The molecule has 0 spiro atoms. The van der Waals surface area contributed by atoms with Gasteiger partial charge in [0.25, 0.3) is 0 Å². The van der Waals surface area contributed by atoms with Crippen molar-refractivity contribution in [2.45, 2.75) is 58.9 Å². The molecule has 0 heterocycles. The first kappa shape index (κ1) is 13.5. The molecule has 1 atom stereocenters. The van der Waals surface area contributed by atoms with E-state index in [-0.39, 0.29) is 11.3 Å². The van der Waals surface area contributed by atoms with E-state index in [9.17, 15) is 4.79 Å². The number of hydrogen-bond acceptors (Lipinski definition) is 2. The summed E-state index contributed by atoms with van der Waals surface area (Å²) in [7, 11) is 0. The summed E-state index contributed by atoms with van der Waals surface area (Å²) in [6.45, 7) is 7.17. The van der Waals surface area contributed by atoms with Gasteiger partial charge >= 0.3 is 0 Å². The summed E-state index contributed by atoms with van der Waals surface area (Å²) in [5.74, 6) is 0.936. The molecule has 1 unspecified atom stereocenters. The highest BCUT2D eigenvalue weighted by molar-refractivity contribution is 5.76. The van der Waals surface area contributed by atoms with Crippen LogP contribution in [-0.2, 0) is 4.79 Å². The minimum absolute atomic E-state index is 0.189. The molecule has 1 amide bonds. The van der Waals surface area contributed by atoms with Gasteiger partial charge in [0.15, 0.2) is 0 Å². The Morgan fingerprint density at radius 1 is 1.44 bits per heavy atom. The summed E-state index contributed by atoms with van der Waals surface area (Å²) >= 11 is 0. The molecule has 0 aliphatic heterocycles. The molecule has 0 aromatic rings. The van der Waals surface area contributed by atoms with Crippen LogP contribution in [0, 0.1) is 11.3 Å². The monoisotopic (exact) mass is 226 g/mol. The largest absolute Gasteiger partial charge is 0.353 e. The molecule has 94 valence electrons. The average Bonchev–Trinajstić information content (AvgIpc) is 2.98. The number of hydrogen-bond donors (Lipinski definition) is 2. The van der Waals surface area contributed by atoms with E-state index in [0.717, 1.165) is 18.8 Å². The summed E-state index contributed by atoms with van der Waals surface area (Å²) < 4.78 is 0. The summed E-state index contributed by atoms with van der Waals surface area (Å²) in [5, 5.41) is 3.09. The minimum atomic E-state index is 0.189. The molecule has 0 saturated heterocycles. The molecule has 1 aliphatic rings. The van der Waals surface area contributed by atoms with E-state index in [0.29, 0.717) is 19.0 Å². The van der Waals surface area contributed by atoms with Crippen LogP contribution in [-0.4, -0.2) is 18.5 Å². The molecule has 0 radical (unpaired) electrons. The van der Waals surface area contributed by atoms with E-state index in [1.165, 1.54) is 12.8 Å². The van der Waals surface area contributed by atoms with Crippen LogP contribution in [0.2, 0.25) is 0 Å². The van der Waals surface area contributed by atoms with Gasteiger partial charge < -0.3 is 11.1 Å². The van der Waals surface area contributed by atoms with Gasteiger partial charge in [0.2, 0.25) is 5.91 Å². The molecule has 1 fully saturated rings. The molecular formula is C13H26N2O. The molecule has 1 rings (SSSR count).